The van der Waals surface area contributed by atoms with Gasteiger partial charge in [-0.15, -0.1) is 0 Å². The second kappa shape index (κ2) is 5.57. The first-order chi connectivity index (χ1) is 10.1. The van der Waals surface area contributed by atoms with Gasteiger partial charge in [0.1, 0.15) is 0 Å². The van der Waals surface area contributed by atoms with E-state index in [1.807, 2.05) is 23.8 Å². The molecular formula is C14H17N3O3S. The third-order valence-electron chi connectivity index (χ3n) is 4.08. The highest BCUT2D eigenvalue weighted by atomic mass is 32.1. The molecule has 0 atom stereocenters. The summed E-state index contributed by atoms with van der Waals surface area (Å²) in [6, 6.07) is 1.95. The van der Waals surface area contributed by atoms with Crippen LogP contribution in [0.5, 0.6) is 0 Å². The molecule has 1 aliphatic rings. The topological polar surface area (TPSA) is 79.5 Å². The van der Waals surface area contributed by atoms with Crippen molar-refractivity contribution >= 4 is 17.3 Å². The molecule has 112 valence electrons. The zero-order valence-corrected chi connectivity index (χ0v) is 12.6. The van der Waals surface area contributed by atoms with E-state index < -0.39 is 11.4 Å². The van der Waals surface area contributed by atoms with Crippen molar-refractivity contribution in [2.24, 2.45) is 5.41 Å². The van der Waals surface area contributed by atoms with E-state index in [4.69, 9.17) is 4.52 Å². The van der Waals surface area contributed by atoms with E-state index in [1.165, 1.54) is 0 Å². The molecule has 7 heteroatoms. The number of nitrogens with zero attached hydrogens (tertiary/aromatic N) is 3. The fraction of sp³-hybridized carbons (Fsp3) is 0.500. The molecule has 21 heavy (non-hydrogen) atoms. The maximum atomic E-state index is 11.2. The Kier molecular flexibility index (Phi) is 3.77. The fourth-order valence-corrected chi connectivity index (χ4v) is 3.07. The second-order valence-corrected chi connectivity index (χ2v) is 6.45. The zero-order valence-electron chi connectivity index (χ0n) is 11.8. The fourth-order valence-electron chi connectivity index (χ4n) is 2.44. The Morgan fingerprint density at radius 3 is 2.90 bits per heavy atom. The van der Waals surface area contributed by atoms with Gasteiger partial charge in [0.05, 0.1) is 17.5 Å². The minimum atomic E-state index is -0.707. The van der Waals surface area contributed by atoms with Gasteiger partial charge in [-0.3, -0.25) is 9.69 Å². The first-order valence-corrected chi connectivity index (χ1v) is 7.82. The van der Waals surface area contributed by atoms with Gasteiger partial charge in [0.2, 0.25) is 0 Å². The molecule has 1 aliphatic heterocycles. The molecule has 1 N–H and O–H groups in total. The van der Waals surface area contributed by atoms with E-state index in [1.54, 1.807) is 11.3 Å². The summed E-state index contributed by atoms with van der Waals surface area (Å²) in [5, 5.41) is 17.2. The van der Waals surface area contributed by atoms with E-state index in [0.717, 1.165) is 18.7 Å². The molecule has 0 aromatic carbocycles. The lowest BCUT2D eigenvalue weighted by molar-refractivity contribution is -0.150. The Balaban J connectivity index is 1.60. The summed E-state index contributed by atoms with van der Waals surface area (Å²) in [6.45, 7) is 3.90. The summed E-state index contributed by atoms with van der Waals surface area (Å²) in [4.78, 5) is 17.8. The number of carboxylic acid groups (broad SMARTS) is 1. The Bertz CT molecular complexity index is 615. The van der Waals surface area contributed by atoms with Crippen LogP contribution in [-0.2, 0) is 11.3 Å². The predicted molar refractivity (Wildman–Crippen MR) is 77.9 cm³/mol. The smallest absolute Gasteiger partial charge is 0.309 e. The lowest BCUT2D eigenvalue weighted by atomic mass is 9.80. The summed E-state index contributed by atoms with van der Waals surface area (Å²) in [7, 11) is 0. The number of thiophene rings is 1. The van der Waals surface area contributed by atoms with Crippen molar-refractivity contribution in [3.8, 4) is 11.5 Å². The maximum Gasteiger partial charge on any atom is 0.309 e. The minimum absolute atomic E-state index is 0.540. The van der Waals surface area contributed by atoms with Crippen molar-refractivity contribution in [1.29, 1.82) is 0 Å². The number of likely N-dealkylation sites (tertiary alicyclic amines) is 1. The molecule has 3 rings (SSSR count). The highest BCUT2D eigenvalue weighted by Crippen LogP contribution is 2.31. The highest BCUT2D eigenvalue weighted by molar-refractivity contribution is 7.08. The molecule has 0 radical (unpaired) electrons. The number of carboxylic acids is 1. The summed E-state index contributed by atoms with van der Waals surface area (Å²) in [6.07, 6.45) is 1.30. The molecule has 0 amide bonds. The number of aromatic nitrogens is 2. The Morgan fingerprint density at radius 1 is 1.52 bits per heavy atom. The van der Waals surface area contributed by atoms with Crippen LogP contribution in [0.25, 0.3) is 11.5 Å². The molecule has 2 aromatic rings. The number of hydrogen-bond donors (Lipinski definition) is 1. The van der Waals surface area contributed by atoms with Crippen molar-refractivity contribution in [2.45, 2.75) is 26.3 Å². The zero-order chi connectivity index (χ0) is 14.9. The van der Waals surface area contributed by atoms with Crippen LogP contribution >= 0.6 is 11.3 Å². The third-order valence-corrected chi connectivity index (χ3v) is 4.76. The predicted octanol–water partition coefficient (Wildman–Crippen LogP) is 2.48. The normalized spacial score (nSPS) is 18.7. The van der Waals surface area contributed by atoms with Crippen molar-refractivity contribution in [2.75, 3.05) is 13.1 Å². The van der Waals surface area contributed by atoms with Gasteiger partial charge in [0.15, 0.2) is 5.82 Å². The van der Waals surface area contributed by atoms with Crippen LogP contribution in [-0.4, -0.2) is 39.2 Å². The van der Waals surface area contributed by atoms with Crippen LogP contribution in [0.2, 0.25) is 0 Å². The highest BCUT2D eigenvalue weighted by Gasteiger charge is 2.36. The Morgan fingerprint density at radius 2 is 2.29 bits per heavy atom. The quantitative estimate of drug-likeness (QED) is 0.935. The summed E-state index contributed by atoms with van der Waals surface area (Å²) in [5.74, 6) is 0.482. The lowest BCUT2D eigenvalue weighted by Gasteiger charge is -2.35. The molecule has 2 aromatic heterocycles. The van der Waals surface area contributed by atoms with Gasteiger partial charge in [-0.2, -0.15) is 16.3 Å². The largest absolute Gasteiger partial charge is 0.481 e. The molecule has 0 unspecified atom stereocenters. The van der Waals surface area contributed by atoms with E-state index in [2.05, 4.69) is 15.0 Å². The van der Waals surface area contributed by atoms with Gasteiger partial charge in [-0.1, -0.05) is 5.16 Å². The van der Waals surface area contributed by atoms with Gasteiger partial charge in [0, 0.05) is 5.38 Å². The van der Waals surface area contributed by atoms with Crippen LogP contribution in [0, 0.1) is 5.41 Å². The minimum Gasteiger partial charge on any atom is -0.481 e. The van der Waals surface area contributed by atoms with Crippen molar-refractivity contribution in [3.63, 3.8) is 0 Å². The molecule has 0 aliphatic carbocycles. The van der Waals surface area contributed by atoms with Gasteiger partial charge in [0.25, 0.3) is 5.89 Å². The van der Waals surface area contributed by atoms with E-state index in [-0.39, 0.29) is 0 Å². The monoisotopic (exact) mass is 307 g/mol. The van der Waals surface area contributed by atoms with Crippen LogP contribution in [0.1, 0.15) is 25.6 Å². The third kappa shape index (κ3) is 2.98. The Labute approximate surface area is 126 Å². The lowest BCUT2D eigenvalue weighted by Crippen LogP contribution is -2.42. The van der Waals surface area contributed by atoms with Gasteiger partial charge >= 0.3 is 5.97 Å². The van der Waals surface area contributed by atoms with Crippen molar-refractivity contribution in [3.05, 3.63) is 22.7 Å². The standard InChI is InChI=1S/C14H17N3O3S/c1-14(13(18)19)3-5-17(6-4-14)8-11-15-12(20-16-11)10-2-7-21-9-10/h2,7,9H,3-6,8H2,1H3,(H,18,19). The number of hydrogen-bond acceptors (Lipinski definition) is 6. The number of carbonyl (C=O) groups is 1. The average molecular weight is 307 g/mol. The Hall–Kier alpha value is -1.73. The average Bonchev–Trinajstić information content (AvgIpc) is 3.12. The first kappa shape index (κ1) is 14.2. The maximum absolute atomic E-state index is 11.2. The molecular weight excluding hydrogens is 290 g/mol. The van der Waals surface area contributed by atoms with E-state index in [9.17, 15) is 9.90 Å². The molecule has 0 spiro atoms. The number of piperidine rings is 1. The summed E-state index contributed by atoms with van der Waals surface area (Å²) < 4.78 is 5.25. The molecule has 0 saturated carbocycles. The molecule has 1 fully saturated rings. The van der Waals surface area contributed by atoms with Gasteiger partial charge < -0.3 is 9.63 Å². The number of aliphatic carboxylic acids is 1. The van der Waals surface area contributed by atoms with Crippen LogP contribution in [0.3, 0.4) is 0 Å². The van der Waals surface area contributed by atoms with E-state index in [0.29, 0.717) is 31.1 Å². The van der Waals surface area contributed by atoms with Crippen molar-refractivity contribution < 1.29 is 14.4 Å². The molecule has 1 saturated heterocycles. The van der Waals surface area contributed by atoms with Gasteiger partial charge in [-0.25, -0.2) is 0 Å². The molecule has 0 bridgehead atoms. The van der Waals surface area contributed by atoms with Gasteiger partial charge in [-0.05, 0) is 44.3 Å². The van der Waals surface area contributed by atoms with Crippen LogP contribution in [0.15, 0.2) is 21.3 Å². The van der Waals surface area contributed by atoms with E-state index >= 15 is 0 Å². The van der Waals surface area contributed by atoms with Crippen molar-refractivity contribution in [1.82, 2.24) is 15.0 Å². The number of rotatable bonds is 4. The second-order valence-electron chi connectivity index (χ2n) is 5.67. The van der Waals surface area contributed by atoms with Crippen LogP contribution < -0.4 is 0 Å². The molecule has 3 heterocycles. The summed E-state index contributed by atoms with van der Waals surface area (Å²) >= 11 is 1.59. The SMILES string of the molecule is CC1(C(=O)O)CCN(Cc2noc(-c3ccsc3)n2)CC1. The molecule has 6 nitrogen and oxygen atoms in total. The first-order valence-electron chi connectivity index (χ1n) is 6.88. The van der Waals surface area contributed by atoms with Crippen LogP contribution in [0.4, 0.5) is 0 Å². The summed E-state index contributed by atoms with van der Waals surface area (Å²) in [5.41, 5.74) is 0.339.